The second-order valence-corrected chi connectivity index (χ2v) is 12.8. The Morgan fingerprint density at radius 3 is 2.48 bits per heavy atom. The molecule has 1 heterocycles. The molecule has 1 fully saturated rings. The number of aromatic nitrogens is 1. The minimum absolute atomic E-state index is 0.0431. The van der Waals surface area contributed by atoms with Gasteiger partial charge in [-0.1, -0.05) is 12.0 Å². The average molecular weight is 607 g/mol. The summed E-state index contributed by atoms with van der Waals surface area (Å²) in [4.78, 5) is 2.29. The molecule has 0 amide bonds. The van der Waals surface area contributed by atoms with Gasteiger partial charge in [0.15, 0.2) is 9.84 Å². The highest BCUT2D eigenvalue weighted by atomic mass is 32.2. The van der Waals surface area contributed by atoms with Crippen LogP contribution in [0.1, 0.15) is 31.4 Å². The summed E-state index contributed by atoms with van der Waals surface area (Å²) in [7, 11) is 0.685. The Balaban J connectivity index is 1.57. The summed E-state index contributed by atoms with van der Waals surface area (Å²) in [6.45, 7) is -1.42. The van der Waals surface area contributed by atoms with Crippen molar-refractivity contribution in [2.45, 2.75) is 55.4 Å². The molecule has 0 bridgehead atoms. The van der Waals surface area contributed by atoms with Gasteiger partial charge in [-0.2, -0.15) is 13.2 Å². The third-order valence-corrected chi connectivity index (χ3v) is 8.49. The van der Waals surface area contributed by atoms with Crippen LogP contribution < -0.4 is 15.4 Å². The van der Waals surface area contributed by atoms with Crippen molar-refractivity contribution in [3.63, 3.8) is 0 Å². The van der Waals surface area contributed by atoms with Gasteiger partial charge in [0.25, 0.3) is 0 Å². The predicted octanol–water partition coefficient (Wildman–Crippen LogP) is 4.73. The molecule has 1 aliphatic rings. The van der Waals surface area contributed by atoms with E-state index >= 15 is 0 Å². The number of anilines is 2. The quantitative estimate of drug-likeness (QED) is 0.288. The molecule has 4 rings (SSSR count). The van der Waals surface area contributed by atoms with Crippen molar-refractivity contribution >= 4 is 32.1 Å². The Bertz CT molecular complexity index is 1550. The number of nitrogens with one attached hydrogen (secondary N) is 2. The van der Waals surface area contributed by atoms with Crippen molar-refractivity contribution in [1.29, 1.82) is 0 Å². The number of nitrogens with zero attached hydrogens (tertiary/aromatic N) is 2. The fourth-order valence-electron chi connectivity index (χ4n) is 5.25. The second-order valence-electron chi connectivity index (χ2n) is 10.7. The van der Waals surface area contributed by atoms with Crippen LogP contribution in [-0.2, 0) is 16.4 Å². The first-order chi connectivity index (χ1) is 19.9. The number of aliphatic hydroxyl groups excluding tert-OH is 1. The monoisotopic (exact) mass is 606 g/mol. The van der Waals surface area contributed by atoms with Gasteiger partial charge < -0.3 is 29.9 Å². The molecular weight excluding hydrogens is 569 g/mol. The lowest BCUT2D eigenvalue weighted by Gasteiger charge is -2.33. The predicted molar refractivity (Wildman–Crippen MR) is 159 cm³/mol. The van der Waals surface area contributed by atoms with Gasteiger partial charge in [-0.05, 0) is 76.0 Å². The van der Waals surface area contributed by atoms with Crippen LogP contribution in [0.25, 0.3) is 10.9 Å². The second kappa shape index (κ2) is 13.3. The Hall–Kier alpha value is -3.40. The molecule has 12 heteroatoms. The van der Waals surface area contributed by atoms with Gasteiger partial charge in [0.2, 0.25) is 0 Å². The van der Waals surface area contributed by atoms with E-state index in [1.54, 1.807) is 18.2 Å². The Kier molecular flexibility index (Phi) is 9.97. The highest BCUT2D eigenvalue weighted by molar-refractivity contribution is 7.90. The van der Waals surface area contributed by atoms with Crippen molar-refractivity contribution in [2.75, 3.05) is 50.7 Å². The van der Waals surface area contributed by atoms with Gasteiger partial charge >= 0.3 is 6.18 Å². The number of fused-ring (bicyclic) bond motifs is 1. The number of sulfone groups is 1. The van der Waals surface area contributed by atoms with Gasteiger partial charge in [-0.3, -0.25) is 0 Å². The van der Waals surface area contributed by atoms with Crippen LogP contribution in [0.2, 0.25) is 0 Å². The van der Waals surface area contributed by atoms with Crippen LogP contribution in [0.4, 0.5) is 24.5 Å². The number of hydrogen-bond acceptors (Lipinski definition) is 7. The van der Waals surface area contributed by atoms with Crippen molar-refractivity contribution in [1.82, 2.24) is 9.47 Å². The third kappa shape index (κ3) is 8.12. The van der Waals surface area contributed by atoms with Gasteiger partial charge in [-0.15, -0.1) is 0 Å². The maximum atomic E-state index is 13.6. The molecule has 0 unspecified atom stereocenters. The van der Waals surface area contributed by atoms with Gasteiger partial charge in [0, 0.05) is 35.5 Å². The topological polar surface area (TPSA) is 95.8 Å². The van der Waals surface area contributed by atoms with Crippen LogP contribution in [0, 0.1) is 11.8 Å². The zero-order chi connectivity index (χ0) is 30.5. The van der Waals surface area contributed by atoms with E-state index in [9.17, 15) is 21.6 Å². The number of rotatable bonds is 10. The number of hydrogen-bond donors (Lipinski definition) is 3. The lowest BCUT2D eigenvalue weighted by atomic mass is 9.90. The maximum Gasteiger partial charge on any atom is 0.406 e. The lowest BCUT2D eigenvalue weighted by Crippen LogP contribution is -2.36. The first-order valence-corrected chi connectivity index (χ1v) is 15.7. The number of ether oxygens (including phenoxy) is 1. The molecule has 0 spiro atoms. The SMILES string of the molecule is CN(C)[C@H]1CC[C@@H](Nc2cccc3c2cc(C#CCNc2ccc(S(C)(=O)=O)cc2OCCO)n3CC(F)(F)F)CC1. The van der Waals surface area contributed by atoms with E-state index in [1.807, 2.05) is 6.07 Å². The molecule has 0 radical (unpaired) electrons. The van der Waals surface area contributed by atoms with E-state index in [0.717, 1.165) is 37.6 Å². The lowest BCUT2D eigenvalue weighted by molar-refractivity contribution is -0.140. The van der Waals surface area contributed by atoms with E-state index in [0.29, 0.717) is 22.6 Å². The fraction of sp³-hybridized carbons (Fsp3) is 0.467. The molecule has 0 saturated heterocycles. The summed E-state index contributed by atoms with van der Waals surface area (Å²) in [5.74, 6) is 5.99. The van der Waals surface area contributed by atoms with Crippen LogP contribution in [-0.4, -0.2) is 81.4 Å². The summed E-state index contributed by atoms with van der Waals surface area (Å²) >= 11 is 0. The smallest absolute Gasteiger partial charge is 0.406 e. The summed E-state index contributed by atoms with van der Waals surface area (Å²) in [6.07, 6.45) is 0.723. The van der Waals surface area contributed by atoms with E-state index in [4.69, 9.17) is 9.84 Å². The molecule has 0 atom stereocenters. The minimum atomic E-state index is -4.44. The number of aliphatic hydroxyl groups is 1. The molecule has 1 aromatic heterocycles. The maximum absolute atomic E-state index is 13.6. The third-order valence-electron chi connectivity index (χ3n) is 7.38. The first-order valence-electron chi connectivity index (χ1n) is 13.8. The standard InChI is InChI=1S/C30H37F3N4O4S/c1-36(2)22-11-9-21(10-12-22)35-26-7-4-8-28-25(26)18-23(37(28)20-30(31,32)33)6-5-15-34-27-14-13-24(42(3,39)40)19-29(27)41-17-16-38/h4,7-8,13-14,18-19,21-22,34-35,38H,9-12,15-17,20H2,1-3H3/t21-,22+. The van der Waals surface area contributed by atoms with Gasteiger partial charge in [-0.25, -0.2) is 8.42 Å². The van der Waals surface area contributed by atoms with Crippen molar-refractivity contribution in [3.05, 3.63) is 48.2 Å². The molecule has 1 aliphatic carbocycles. The molecule has 2 aromatic carbocycles. The van der Waals surface area contributed by atoms with Crippen LogP contribution in [0.5, 0.6) is 5.75 Å². The van der Waals surface area contributed by atoms with E-state index in [2.05, 4.69) is 41.5 Å². The van der Waals surface area contributed by atoms with Gasteiger partial charge in [0.1, 0.15) is 18.9 Å². The number of halogens is 3. The van der Waals surface area contributed by atoms with E-state index in [-0.39, 0.29) is 42.1 Å². The van der Waals surface area contributed by atoms with Crippen LogP contribution in [0.15, 0.2) is 47.4 Å². The molecule has 1 saturated carbocycles. The number of benzene rings is 2. The summed E-state index contributed by atoms with van der Waals surface area (Å²) in [5, 5.41) is 16.4. The molecule has 0 aliphatic heterocycles. The van der Waals surface area contributed by atoms with Crippen LogP contribution >= 0.6 is 0 Å². The summed E-state index contributed by atoms with van der Waals surface area (Å²) in [5.41, 5.74) is 1.92. The highest BCUT2D eigenvalue weighted by Crippen LogP contribution is 2.33. The molecule has 8 nitrogen and oxygen atoms in total. The number of alkyl halides is 3. The Morgan fingerprint density at radius 2 is 1.83 bits per heavy atom. The fourth-order valence-corrected chi connectivity index (χ4v) is 5.88. The van der Waals surface area contributed by atoms with Crippen molar-refractivity contribution in [2.24, 2.45) is 0 Å². The van der Waals surface area contributed by atoms with Crippen molar-refractivity contribution in [3.8, 4) is 17.6 Å². The van der Waals surface area contributed by atoms with Crippen LogP contribution in [0.3, 0.4) is 0 Å². The molecule has 3 aromatic rings. The van der Waals surface area contributed by atoms with E-state index < -0.39 is 22.6 Å². The molecule has 42 heavy (non-hydrogen) atoms. The van der Waals surface area contributed by atoms with Crippen molar-refractivity contribution < 1.29 is 31.4 Å². The normalized spacial score (nSPS) is 17.6. The van der Waals surface area contributed by atoms with E-state index in [1.165, 1.54) is 22.8 Å². The molecule has 3 N–H and O–H groups in total. The zero-order valence-corrected chi connectivity index (χ0v) is 24.8. The zero-order valence-electron chi connectivity index (χ0n) is 24.0. The Morgan fingerprint density at radius 1 is 1.10 bits per heavy atom. The minimum Gasteiger partial charge on any atom is -0.489 e. The highest BCUT2D eigenvalue weighted by Gasteiger charge is 2.30. The van der Waals surface area contributed by atoms with Gasteiger partial charge in [0.05, 0.1) is 34.9 Å². The molecular formula is C30H37F3N4O4S. The summed E-state index contributed by atoms with van der Waals surface area (Å²) < 4.78 is 71.3. The average Bonchev–Trinajstić information content (AvgIpc) is 3.26. The Labute approximate surface area is 244 Å². The largest absolute Gasteiger partial charge is 0.489 e. The first kappa shape index (κ1) is 31.5. The summed E-state index contributed by atoms with van der Waals surface area (Å²) in [6, 6.07) is 12.1. The molecule has 228 valence electrons.